The molecular formula is C15H17O4P. The summed E-state index contributed by atoms with van der Waals surface area (Å²) < 4.78 is 16.2. The molecule has 0 saturated heterocycles. The number of fused-ring (bicyclic) bond motifs is 1. The summed E-state index contributed by atoms with van der Waals surface area (Å²) in [6.07, 6.45) is -0.296. The van der Waals surface area contributed by atoms with E-state index in [1.165, 1.54) is 0 Å². The molecule has 1 unspecified atom stereocenters. The highest BCUT2D eigenvalue weighted by molar-refractivity contribution is 7.53. The molecule has 0 heterocycles. The molecule has 20 heavy (non-hydrogen) atoms. The van der Waals surface area contributed by atoms with Gasteiger partial charge in [-0.1, -0.05) is 42.5 Å². The van der Waals surface area contributed by atoms with Crippen LogP contribution in [0.1, 0.15) is 12.5 Å². The first-order valence-electron chi connectivity index (χ1n) is 6.46. The van der Waals surface area contributed by atoms with Crippen molar-refractivity contribution in [1.82, 2.24) is 0 Å². The molecule has 0 aliphatic carbocycles. The van der Waals surface area contributed by atoms with E-state index in [4.69, 9.17) is 4.52 Å². The lowest BCUT2D eigenvalue weighted by atomic mass is 10.0. The van der Waals surface area contributed by atoms with E-state index in [9.17, 15) is 14.3 Å². The third-order valence-electron chi connectivity index (χ3n) is 2.92. The number of carbonyl (C=O) groups is 1. The number of carbonyl (C=O) groups excluding carboxylic acids is 1. The van der Waals surface area contributed by atoms with Crippen LogP contribution >= 0.6 is 7.60 Å². The minimum atomic E-state index is -3.78. The second-order valence-corrected chi connectivity index (χ2v) is 6.46. The fourth-order valence-electron chi connectivity index (χ4n) is 2.10. The van der Waals surface area contributed by atoms with Crippen LogP contribution in [0.15, 0.2) is 42.5 Å². The van der Waals surface area contributed by atoms with Crippen molar-refractivity contribution < 1.29 is 18.8 Å². The summed E-state index contributed by atoms with van der Waals surface area (Å²) in [7, 11) is -3.78. The van der Waals surface area contributed by atoms with E-state index < -0.39 is 13.8 Å². The molecule has 1 atom stereocenters. The first-order chi connectivity index (χ1) is 9.50. The van der Waals surface area contributed by atoms with Gasteiger partial charge in [-0.2, -0.15) is 0 Å². The fraction of sp³-hybridized carbons (Fsp3) is 0.267. The molecule has 0 amide bonds. The molecule has 4 nitrogen and oxygen atoms in total. The lowest BCUT2D eigenvalue weighted by Crippen LogP contribution is -2.10. The summed E-state index contributed by atoms with van der Waals surface area (Å²) in [5.74, 6) is -0.292. The standard InChI is InChI=1S/C15H17O4P/c1-2-19-20(17,18)11-15(16)10-12-7-8-13-5-3-4-6-14(13)9-12/h3-9H,2,10-11H2,1H3,(H,17,18). The smallest absolute Gasteiger partial charge is 0.324 e. The zero-order chi connectivity index (χ0) is 14.6. The topological polar surface area (TPSA) is 63.6 Å². The van der Waals surface area contributed by atoms with Crippen LogP contribution in [0, 0.1) is 0 Å². The van der Waals surface area contributed by atoms with Gasteiger partial charge >= 0.3 is 7.60 Å². The molecule has 2 aromatic rings. The fourth-order valence-corrected chi connectivity index (χ4v) is 3.15. The van der Waals surface area contributed by atoms with Gasteiger partial charge in [-0.3, -0.25) is 9.36 Å². The van der Waals surface area contributed by atoms with Crippen LogP contribution in [0.5, 0.6) is 0 Å². The number of hydrogen-bond acceptors (Lipinski definition) is 3. The zero-order valence-electron chi connectivity index (χ0n) is 11.3. The second kappa shape index (κ2) is 6.31. The van der Waals surface area contributed by atoms with Gasteiger partial charge in [0.15, 0.2) is 0 Å². The molecule has 0 aliphatic rings. The molecule has 0 saturated carbocycles. The molecule has 0 aromatic heterocycles. The average Bonchev–Trinajstić information content (AvgIpc) is 2.37. The third-order valence-corrected chi connectivity index (χ3v) is 4.34. The van der Waals surface area contributed by atoms with Crippen molar-refractivity contribution in [3.8, 4) is 0 Å². The molecule has 2 rings (SSSR count). The van der Waals surface area contributed by atoms with E-state index in [-0.39, 0.29) is 18.8 Å². The highest BCUT2D eigenvalue weighted by atomic mass is 31.2. The van der Waals surface area contributed by atoms with Crippen molar-refractivity contribution in [3.05, 3.63) is 48.0 Å². The van der Waals surface area contributed by atoms with Gasteiger partial charge < -0.3 is 9.42 Å². The largest absolute Gasteiger partial charge is 0.335 e. The third kappa shape index (κ3) is 4.01. The van der Waals surface area contributed by atoms with Crippen molar-refractivity contribution in [1.29, 1.82) is 0 Å². The predicted molar refractivity (Wildman–Crippen MR) is 79.0 cm³/mol. The van der Waals surface area contributed by atoms with Crippen molar-refractivity contribution in [3.63, 3.8) is 0 Å². The molecule has 0 aliphatic heterocycles. The summed E-state index contributed by atoms with van der Waals surface area (Å²) in [5.41, 5.74) is 0.838. The van der Waals surface area contributed by atoms with Crippen LogP contribution < -0.4 is 0 Å². The van der Waals surface area contributed by atoms with E-state index in [1.807, 2.05) is 42.5 Å². The van der Waals surface area contributed by atoms with Gasteiger partial charge in [-0.25, -0.2) is 0 Å². The lowest BCUT2D eigenvalue weighted by molar-refractivity contribution is -0.116. The Morgan fingerprint density at radius 3 is 2.60 bits per heavy atom. The Labute approximate surface area is 117 Å². The normalized spacial score (nSPS) is 14.1. The first kappa shape index (κ1) is 14.9. The minimum Gasteiger partial charge on any atom is -0.324 e. The molecule has 0 spiro atoms. The summed E-state index contributed by atoms with van der Waals surface area (Å²) in [6, 6.07) is 13.6. The number of ketones is 1. The minimum absolute atomic E-state index is 0.122. The summed E-state index contributed by atoms with van der Waals surface area (Å²) >= 11 is 0. The van der Waals surface area contributed by atoms with Gasteiger partial charge in [0.2, 0.25) is 0 Å². The Morgan fingerprint density at radius 2 is 1.90 bits per heavy atom. The summed E-state index contributed by atoms with van der Waals surface area (Å²) in [6.45, 7) is 1.74. The number of Topliss-reactive ketones (excluding diaryl/α,β-unsaturated/α-hetero) is 1. The molecule has 0 bridgehead atoms. The van der Waals surface area contributed by atoms with E-state index >= 15 is 0 Å². The van der Waals surface area contributed by atoms with Gasteiger partial charge in [0.1, 0.15) is 11.9 Å². The second-order valence-electron chi connectivity index (χ2n) is 4.61. The van der Waals surface area contributed by atoms with E-state index in [0.29, 0.717) is 0 Å². The van der Waals surface area contributed by atoms with E-state index in [0.717, 1.165) is 16.3 Å². The molecule has 2 aromatic carbocycles. The zero-order valence-corrected chi connectivity index (χ0v) is 12.2. The van der Waals surface area contributed by atoms with Crippen molar-refractivity contribution >= 4 is 24.2 Å². The van der Waals surface area contributed by atoms with Crippen LogP contribution in [0.4, 0.5) is 0 Å². The molecule has 5 heteroatoms. The highest BCUT2D eigenvalue weighted by Gasteiger charge is 2.23. The Morgan fingerprint density at radius 1 is 1.20 bits per heavy atom. The maximum atomic E-state index is 11.8. The van der Waals surface area contributed by atoms with Crippen LogP contribution in [-0.4, -0.2) is 23.4 Å². The van der Waals surface area contributed by atoms with Gasteiger partial charge in [0, 0.05) is 6.42 Å². The monoisotopic (exact) mass is 292 g/mol. The van der Waals surface area contributed by atoms with Crippen LogP contribution in [0.2, 0.25) is 0 Å². The van der Waals surface area contributed by atoms with Crippen LogP contribution in [-0.2, 0) is 20.3 Å². The van der Waals surface area contributed by atoms with Crippen LogP contribution in [0.25, 0.3) is 10.8 Å². The summed E-state index contributed by atoms with van der Waals surface area (Å²) in [5, 5.41) is 2.15. The summed E-state index contributed by atoms with van der Waals surface area (Å²) in [4.78, 5) is 21.3. The Bertz CT molecular complexity index is 666. The maximum absolute atomic E-state index is 11.8. The Balaban J connectivity index is 2.08. The van der Waals surface area contributed by atoms with Gasteiger partial charge in [-0.05, 0) is 23.3 Å². The Hall–Kier alpha value is -1.48. The molecular weight excluding hydrogens is 275 g/mol. The molecule has 0 radical (unpaired) electrons. The lowest BCUT2D eigenvalue weighted by Gasteiger charge is -2.10. The average molecular weight is 292 g/mol. The maximum Gasteiger partial charge on any atom is 0.335 e. The number of hydrogen-bond donors (Lipinski definition) is 1. The van der Waals surface area contributed by atoms with E-state index in [2.05, 4.69) is 0 Å². The Kier molecular flexibility index (Phi) is 4.71. The van der Waals surface area contributed by atoms with Gasteiger partial charge in [-0.15, -0.1) is 0 Å². The van der Waals surface area contributed by atoms with E-state index in [1.54, 1.807) is 6.92 Å². The number of rotatable bonds is 6. The van der Waals surface area contributed by atoms with Gasteiger partial charge in [0.05, 0.1) is 6.61 Å². The molecule has 106 valence electrons. The van der Waals surface area contributed by atoms with Crippen molar-refractivity contribution in [2.45, 2.75) is 13.3 Å². The molecule has 1 N–H and O–H groups in total. The number of benzene rings is 2. The molecule has 0 fully saturated rings. The quantitative estimate of drug-likeness (QED) is 0.831. The highest BCUT2D eigenvalue weighted by Crippen LogP contribution is 2.41. The van der Waals surface area contributed by atoms with Crippen molar-refractivity contribution in [2.75, 3.05) is 12.8 Å². The van der Waals surface area contributed by atoms with Gasteiger partial charge in [0.25, 0.3) is 0 Å². The predicted octanol–water partition coefficient (Wildman–Crippen LogP) is 3.17. The van der Waals surface area contributed by atoms with Crippen LogP contribution in [0.3, 0.4) is 0 Å². The van der Waals surface area contributed by atoms with Crippen molar-refractivity contribution in [2.24, 2.45) is 0 Å². The first-order valence-corrected chi connectivity index (χ1v) is 8.22. The SMILES string of the molecule is CCOP(=O)(O)CC(=O)Cc1ccc2ccccc2c1.